The molecule has 2 heterocycles. The van der Waals surface area contributed by atoms with Crippen LogP contribution in [0.15, 0.2) is 52.7 Å². The number of hydrogen-bond donors (Lipinski definition) is 1. The standard InChI is InChI=1S/C21H20FN3O4S2/c1-29-18-9-6-15(12-19(18)31(27,28)25-10-2-3-11-25)20(26)24-21-23-17(13-30-21)14-4-7-16(22)8-5-14/h4-9,12-13H,2-3,10-11H2,1H3,(H,23,24,26). The van der Waals surface area contributed by atoms with Crippen LogP contribution in [0.25, 0.3) is 11.3 Å². The number of sulfonamides is 1. The van der Waals surface area contributed by atoms with Crippen molar-refractivity contribution in [3.8, 4) is 17.0 Å². The highest BCUT2D eigenvalue weighted by Crippen LogP contribution is 2.31. The molecule has 2 aromatic carbocycles. The Labute approximate surface area is 183 Å². The van der Waals surface area contributed by atoms with Gasteiger partial charge in [0.15, 0.2) is 5.13 Å². The van der Waals surface area contributed by atoms with E-state index < -0.39 is 15.9 Å². The van der Waals surface area contributed by atoms with Gasteiger partial charge in [-0.05, 0) is 55.3 Å². The van der Waals surface area contributed by atoms with Crippen LogP contribution < -0.4 is 10.1 Å². The maximum absolute atomic E-state index is 13.1. The van der Waals surface area contributed by atoms with E-state index in [4.69, 9.17) is 4.74 Å². The number of carbonyl (C=O) groups excluding carboxylic acids is 1. The number of halogens is 1. The Morgan fingerprint density at radius 1 is 1.16 bits per heavy atom. The third-order valence-corrected chi connectivity index (χ3v) is 7.65. The number of thiazole rings is 1. The molecule has 1 aliphatic heterocycles. The Hall–Kier alpha value is -2.82. The first kappa shape index (κ1) is 21.4. The molecule has 0 saturated carbocycles. The largest absolute Gasteiger partial charge is 0.495 e. The zero-order valence-electron chi connectivity index (χ0n) is 16.7. The fourth-order valence-corrected chi connectivity index (χ4v) is 5.75. The van der Waals surface area contributed by atoms with Crippen molar-refractivity contribution in [2.75, 3.05) is 25.5 Å². The molecule has 1 fully saturated rings. The van der Waals surface area contributed by atoms with Crippen molar-refractivity contribution in [1.82, 2.24) is 9.29 Å². The smallest absolute Gasteiger partial charge is 0.257 e. The predicted octanol–water partition coefficient (Wildman–Crippen LogP) is 3.99. The summed E-state index contributed by atoms with van der Waals surface area (Å²) in [5, 5.41) is 4.79. The lowest BCUT2D eigenvalue weighted by Gasteiger charge is -2.18. The molecule has 10 heteroatoms. The molecule has 1 N–H and O–H groups in total. The Bertz CT molecular complexity index is 1200. The Morgan fingerprint density at radius 3 is 2.55 bits per heavy atom. The lowest BCUT2D eigenvalue weighted by Crippen LogP contribution is -2.28. The molecule has 0 spiro atoms. The molecule has 0 atom stereocenters. The number of hydrogen-bond acceptors (Lipinski definition) is 6. The number of aromatic nitrogens is 1. The van der Waals surface area contributed by atoms with Gasteiger partial charge in [-0.2, -0.15) is 4.31 Å². The van der Waals surface area contributed by atoms with Crippen LogP contribution in [0.3, 0.4) is 0 Å². The van der Waals surface area contributed by atoms with Crippen molar-refractivity contribution in [3.63, 3.8) is 0 Å². The molecule has 162 valence electrons. The average molecular weight is 462 g/mol. The topological polar surface area (TPSA) is 88.6 Å². The fraction of sp³-hybridized carbons (Fsp3) is 0.238. The Kier molecular flexibility index (Phi) is 6.03. The van der Waals surface area contributed by atoms with Gasteiger partial charge in [-0.1, -0.05) is 0 Å². The number of nitrogens with zero attached hydrogens (tertiary/aromatic N) is 2. The second kappa shape index (κ2) is 8.74. The summed E-state index contributed by atoms with van der Waals surface area (Å²) < 4.78 is 45.8. The molecule has 1 aromatic heterocycles. The maximum atomic E-state index is 13.1. The van der Waals surface area contributed by atoms with E-state index in [2.05, 4.69) is 10.3 Å². The second-order valence-corrected chi connectivity index (χ2v) is 9.74. The number of anilines is 1. The molecule has 1 amide bonds. The summed E-state index contributed by atoms with van der Waals surface area (Å²) in [4.78, 5) is 17.1. The normalized spacial score (nSPS) is 14.5. The third-order valence-electron chi connectivity index (χ3n) is 4.97. The third kappa shape index (κ3) is 4.46. The van der Waals surface area contributed by atoms with E-state index in [1.54, 1.807) is 17.5 Å². The molecule has 4 rings (SSSR count). The van der Waals surface area contributed by atoms with Gasteiger partial charge in [-0.15, -0.1) is 11.3 Å². The molecule has 0 radical (unpaired) electrons. The van der Waals surface area contributed by atoms with Crippen LogP contribution in [0.1, 0.15) is 23.2 Å². The number of amides is 1. The van der Waals surface area contributed by atoms with E-state index in [-0.39, 0.29) is 22.0 Å². The minimum Gasteiger partial charge on any atom is -0.495 e. The van der Waals surface area contributed by atoms with Crippen molar-refractivity contribution >= 4 is 32.4 Å². The van der Waals surface area contributed by atoms with Crippen molar-refractivity contribution < 1.29 is 22.3 Å². The number of carbonyl (C=O) groups is 1. The molecule has 7 nitrogen and oxygen atoms in total. The zero-order chi connectivity index (χ0) is 22.0. The number of nitrogens with one attached hydrogen (secondary N) is 1. The van der Waals surface area contributed by atoms with Gasteiger partial charge < -0.3 is 4.74 Å². The predicted molar refractivity (Wildman–Crippen MR) is 116 cm³/mol. The quantitative estimate of drug-likeness (QED) is 0.600. The van der Waals surface area contributed by atoms with Gasteiger partial charge in [0.05, 0.1) is 12.8 Å². The van der Waals surface area contributed by atoms with Crippen LogP contribution in [-0.2, 0) is 10.0 Å². The van der Waals surface area contributed by atoms with Crippen molar-refractivity contribution in [3.05, 3.63) is 59.2 Å². The molecule has 31 heavy (non-hydrogen) atoms. The molecular formula is C21H20FN3O4S2. The highest BCUT2D eigenvalue weighted by molar-refractivity contribution is 7.89. The zero-order valence-corrected chi connectivity index (χ0v) is 18.3. The summed E-state index contributed by atoms with van der Waals surface area (Å²) >= 11 is 1.22. The summed E-state index contributed by atoms with van der Waals surface area (Å²) in [5.41, 5.74) is 1.51. The fourth-order valence-electron chi connectivity index (χ4n) is 3.34. The monoisotopic (exact) mass is 461 g/mol. The summed E-state index contributed by atoms with van der Waals surface area (Å²) in [6.45, 7) is 0.903. The second-order valence-electron chi connectivity index (χ2n) is 6.98. The van der Waals surface area contributed by atoms with Crippen LogP contribution in [0.5, 0.6) is 5.75 Å². The van der Waals surface area contributed by atoms with Gasteiger partial charge in [0.25, 0.3) is 5.91 Å². The number of rotatable bonds is 6. The van der Waals surface area contributed by atoms with Crippen LogP contribution in [-0.4, -0.2) is 43.8 Å². The highest BCUT2D eigenvalue weighted by Gasteiger charge is 2.30. The van der Waals surface area contributed by atoms with Gasteiger partial charge in [0, 0.05) is 29.6 Å². The van der Waals surface area contributed by atoms with Crippen molar-refractivity contribution in [1.29, 1.82) is 0 Å². The summed E-state index contributed by atoms with van der Waals surface area (Å²) in [6, 6.07) is 10.2. The molecule has 0 unspecified atom stereocenters. The molecule has 0 bridgehead atoms. The minimum absolute atomic E-state index is 0.0318. The first-order valence-electron chi connectivity index (χ1n) is 9.59. The molecule has 3 aromatic rings. The van der Waals surface area contributed by atoms with Gasteiger partial charge in [-0.3, -0.25) is 10.1 Å². The van der Waals surface area contributed by atoms with Crippen LogP contribution >= 0.6 is 11.3 Å². The summed E-state index contributed by atoms with van der Waals surface area (Å²) in [7, 11) is -2.37. The number of ether oxygens (including phenoxy) is 1. The van der Waals surface area contributed by atoms with E-state index >= 15 is 0 Å². The highest BCUT2D eigenvalue weighted by atomic mass is 32.2. The molecular weight excluding hydrogens is 441 g/mol. The molecule has 0 aliphatic carbocycles. The lowest BCUT2D eigenvalue weighted by molar-refractivity contribution is 0.102. The summed E-state index contributed by atoms with van der Waals surface area (Å²) in [6.07, 6.45) is 1.62. The first-order valence-corrected chi connectivity index (χ1v) is 11.9. The van der Waals surface area contributed by atoms with Crippen molar-refractivity contribution in [2.45, 2.75) is 17.7 Å². The maximum Gasteiger partial charge on any atom is 0.257 e. The van der Waals surface area contributed by atoms with Crippen LogP contribution in [0, 0.1) is 5.82 Å². The lowest BCUT2D eigenvalue weighted by atomic mass is 10.2. The van der Waals surface area contributed by atoms with E-state index in [1.807, 2.05) is 0 Å². The number of benzene rings is 2. The van der Waals surface area contributed by atoms with Crippen LogP contribution in [0.4, 0.5) is 9.52 Å². The van der Waals surface area contributed by atoms with E-state index in [0.29, 0.717) is 23.9 Å². The first-order chi connectivity index (χ1) is 14.9. The Balaban J connectivity index is 1.57. The minimum atomic E-state index is -3.76. The molecule has 1 aliphatic rings. The average Bonchev–Trinajstić information content (AvgIpc) is 3.46. The van der Waals surface area contributed by atoms with E-state index in [1.165, 1.54) is 53.1 Å². The Morgan fingerprint density at radius 2 is 1.87 bits per heavy atom. The van der Waals surface area contributed by atoms with Gasteiger partial charge >= 0.3 is 0 Å². The van der Waals surface area contributed by atoms with Crippen LogP contribution in [0.2, 0.25) is 0 Å². The summed E-state index contributed by atoms with van der Waals surface area (Å²) in [5.74, 6) is -0.636. The number of methoxy groups -OCH3 is 1. The molecule has 1 saturated heterocycles. The van der Waals surface area contributed by atoms with E-state index in [9.17, 15) is 17.6 Å². The SMILES string of the molecule is COc1ccc(C(=O)Nc2nc(-c3ccc(F)cc3)cs2)cc1S(=O)(=O)N1CCCC1. The van der Waals surface area contributed by atoms with Crippen molar-refractivity contribution in [2.24, 2.45) is 0 Å². The van der Waals surface area contributed by atoms with Gasteiger partial charge in [0.1, 0.15) is 16.5 Å². The van der Waals surface area contributed by atoms with Gasteiger partial charge in [-0.25, -0.2) is 17.8 Å². The van der Waals surface area contributed by atoms with E-state index in [0.717, 1.165) is 18.4 Å². The van der Waals surface area contributed by atoms with Gasteiger partial charge in [0.2, 0.25) is 10.0 Å².